The van der Waals surface area contributed by atoms with Crippen LogP contribution in [-0.2, 0) is 14.3 Å². The van der Waals surface area contributed by atoms with Crippen molar-refractivity contribution in [2.24, 2.45) is 28.1 Å². The van der Waals surface area contributed by atoms with E-state index in [2.05, 4.69) is 34.6 Å². The number of hydrogen-bond acceptors (Lipinski definition) is 3. The van der Waals surface area contributed by atoms with Gasteiger partial charge in [0.1, 0.15) is 6.29 Å². The van der Waals surface area contributed by atoms with Crippen LogP contribution < -0.4 is 0 Å². The van der Waals surface area contributed by atoms with Gasteiger partial charge in [0, 0.05) is 12.8 Å². The lowest BCUT2D eigenvalue weighted by Gasteiger charge is -2.58. The zero-order valence-corrected chi connectivity index (χ0v) is 24.8. The van der Waals surface area contributed by atoms with Crippen LogP contribution in [0.1, 0.15) is 163 Å². The van der Waals surface area contributed by atoms with Crippen LogP contribution in [0, 0.1) is 28.1 Å². The molecule has 2 saturated carbocycles. The molecule has 210 valence electrons. The molecule has 36 heavy (non-hydrogen) atoms. The molecule has 0 saturated heterocycles. The van der Waals surface area contributed by atoms with Crippen molar-refractivity contribution in [1.29, 1.82) is 0 Å². The summed E-state index contributed by atoms with van der Waals surface area (Å²) in [6.45, 7) is 12.3. The fourth-order valence-electron chi connectivity index (χ4n) is 8.60. The van der Waals surface area contributed by atoms with E-state index >= 15 is 0 Å². The Morgan fingerprint density at radius 2 is 1.44 bits per heavy atom. The molecule has 2 aliphatic carbocycles. The summed E-state index contributed by atoms with van der Waals surface area (Å²) >= 11 is 0. The normalized spacial score (nSPS) is 29.9. The Kier molecular flexibility index (Phi) is 13.5. The average Bonchev–Trinajstić information content (AvgIpc) is 2.80. The fraction of sp³-hybridized carbons (Fsp3) is 0.939. The minimum absolute atomic E-state index is 0.0215. The third-order valence-corrected chi connectivity index (χ3v) is 9.69. The second kappa shape index (κ2) is 15.5. The summed E-state index contributed by atoms with van der Waals surface area (Å²) in [5.74, 6) is 1.48. The Labute approximate surface area is 224 Å². The maximum absolute atomic E-state index is 12.7. The number of ether oxygens (including phenoxy) is 1. The molecule has 0 N–H and O–H groups in total. The first-order chi connectivity index (χ1) is 17.2. The van der Waals surface area contributed by atoms with Gasteiger partial charge in [-0.15, -0.1) is 0 Å². The van der Waals surface area contributed by atoms with Gasteiger partial charge in [-0.25, -0.2) is 0 Å². The van der Waals surface area contributed by atoms with Crippen molar-refractivity contribution in [1.82, 2.24) is 0 Å². The Balaban J connectivity index is 1.85. The molecule has 0 aliphatic heterocycles. The van der Waals surface area contributed by atoms with Crippen LogP contribution in [-0.4, -0.2) is 18.9 Å². The number of hydrogen-bond donors (Lipinski definition) is 0. The lowest BCUT2D eigenvalue weighted by atomic mass is 9.47. The van der Waals surface area contributed by atoms with Crippen LogP contribution in [0.3, 0.4) is 0 Å². The maximum Gasteiger partial charge on any atom is 0.305 e. The summed E-state index contributed by atoms with van der Waals surface area (Å²) < 4.78 is 5.79. The highest BCUT2D eigenvalue weighted by atomic mass is 16.5. The second-order valence-corrected chi connectivity index (χ2v) is 13.8. The van der Waals surface area contributed by atoms with E-state index < -0.39 is 0 Å². The number of unbranched alkanes of at least 4 members (excludes halogenated alkanes) is 4. The molecule has 0 heterocycles. The van der Waals surface area contributed by atoms with Gasteiger partial charge in [0.2, 0.25) is 0 Å². The number of fused-ring (bicyclic) bond motifs is 2. The highest BCUT2D eigenvalue weighted by Crippen LogP contribution is 2.63. The SMILES string of the molecule is CCCCCC(CCCCC)CCOC(=O)CCC1(C)CC2CC(C)(CCC=O)CC(CCC)(C2)C1. The van der Waals surface area contributed by atoms with E-state index in [1.807, 2.05) is 0 Å². The molecular weight excluding hydrogens is 444 g/mol. The van der Waals surface area contributed by atoms with Gasteiger partial charge >= 0.3 is 5.97 Å². The Morgan fingerprint density at radius 1 is 0.833 bits per heavy atom. The first-order valence-electron chi connectivity index (χ1n) is 15.8. The molecule has 3 heteroatoms. The first kappa shape index (κ1) is 31.4. The van der Waals surface area contributed by atoms with E-state index in [0.29, 0.717) is 36.2 Å². The van der Waals surface area contributed by atoms with E-state index in [-0.39, 0.29) is 11.4 Å². The molecular formula is C33H60O3. The Bertz CT molecular complexity index is 635. The van der Waals surface area contributed by atoms with Gasteiger partial charge in [0.25, 0.3) is 0 Å². The molecule has 0 spiro atoms. The van der Waals surface area contributed by atoms with Crippen LogP contribution in [0.4, 0.5) is 0 Å². The van der Waals surface area contributed by atoms with E-state index in [1.54, 1.807) is 0 Å². The highest BCUT2D eigenvalue weighted by Gasteiger charge is 2.52. The first-order valence-corrected chi connectivity index (χ1v) is 15.8. The molecule has 0 amide bonds. The number of carbonyl (C=O) groups is 2. The van der Waals surface area contributed by atoms with Gasteiger partial charge in [-0.05, 0) is 85.9 Å². The van der Waals surface area contributed by atoms with E-state index in [1.165, 1.54) is 96.3 Å². The van der Waals surface area contributed by atoms with Gasteiger partial charge in [-0.1, -0.05) is 92.4 Å². The molecule has 4 unspecified atom stereocenters. The summed E-state index contributed by atoms with van der Waals surface area (Å²) in [5, 5.41) is 0. The number of esters is 1. The molecule has 0 aromatic rings. The maximum atomic E-state index is 12.7. The van der Waals surface area contributed by atoms with Crippen molar-refractivity contribution < 1.29 is 14.3 Å². The molecule has 0 aromatic heterocycles. The molecule has 2 aliphatic rings. The van der Waals surface area contributed by atoms with E-state index in [0.717, 1.165) is 31.5 Å². The third-order valence-electron chi connectivity index (χ3n) is 9.69. The molecule has 4 atom stereocenters. The van der Waals surface area contributed by atoms with Crippen LogP contribution in [0.15, 0.2) is 0 Å². The molecule has 2 fully saturated rings. The zero-order chi connectivity index (χ0) is 26.5. The predicted molar refractivity (Wildman–Crippen MR) is 152 cm³/mol. The molecule has 2 bridgehead atoms. The van der Waals surface area contributed by atoms with Gasteiger partial charge in [-0.3, -0.25) is 4.79 Å². The Morgan fingerprint density at radius 3 is 2.00 bits per heavy atom. The molecule has 3 nitrogen and oxygen atoms in total. The third kappa shape index (κ3) is 10.5. The van der Waals surface area contributed by atoms with Crippen molar-refractivity contribution in [2.45, 2.75) is 163 Å². The largest absolute Gasteiger partial charge is 0.466 e. The summed E-state index contributed by atoms with van der Waals surface area (Å²) in [7, 11) is 0. The van der Waals surface area contributed by atoms with Gasteiger partial charge < -0.3 is 9.53 Å². The predicted octanol–water partition coefficient (Wildman–Crippen LogP) is 9.85. The Hall–Kier alpha value is -0.860. The van der Waals surface area contributed by atoms with Crippen molar-refractivity contribution in [3.8, 4) is 0 Å². The fourth-order valence-corrected chi connectivity index (χ4v) is 8.60. The lowest BCUT2D eigenvalue weighted by molar-refractivity contribution is -0.145. The van der Waals surface area contributed by atoms with Gasteiger partial charge in [0.05, 0.1) is 6.61 Å². The second-order valence-electron chi connectivity index (χ2n) is 13.8. The topological polar surface area (TPSA) is 43.4 Å². The van der Waals surface area contributed by atoms with E-state index in [9.17, 15) is 9.59 Å². The van der Waals surface area contributed by atoms with Crippen LogP contribution in [0.2, 0.25) is 0 Å². The van der Waals surface area contributed by atoms with Crippen molar-refractivity contribution in [3.05, 3.63) is 0 Å². The van der Waals surface area contributed by atoms with Gasteiger partial charge in [-0.2, -0.15) is 0 Å². The van der Waals surface area contributed by atoms with Crippen LogP contribution >= 0.6 is 0 Å². The molecule has 2 rings (SSSR count). The number of carbonyl (C=O) groups excluding carboxylic acids is 2. The van der Waals surface area contributed by atoms with Crippen molar-refractivity contribution in [2.75, 3.05) is 6.61 Å². The highest BCUT2D eigenvalue weighted by molar-refractivity contribution is 5.69. The number of rotatable bonds is 19. The minimum atomic E-state index is 0.0215. The monoisotopic (exact) mass is 504 g/mol. The van der Waals surface area contributed by atoms with Crippen molar-refractivity contribution >= 4 is 12.3 Å². The molecule has 0 aromatic carbocycles. The van der Waals surface area contributed by atoms with Crippen LogP contribution in [0.5, 0.6) is 0 Å². The minimum Gasteiger partial charge on any atom is -0.466 e. The van der Waals surface area contributed by atoms with E-state index in [4.69, 9.17) is 4.74 Å². The summed E-state index contributed by atoms with van der Waals surface area (Å²) in [6.07, 6.45) is 24.7. The summed E-state index contributed by atoms with van der Waals surface area (Å²) in [6, 6.07) is 0. The average molecular weight is 505 g/mol. The number of aldehydes is 1. The summed E-state index contributed by atoms with van der Waals surface area (Å²) in [5.41, 5.74) is 0.951. The standard InChI is InChI=1S/C33H60O3/c1-6-9-11-14-28(15-12-10-7-2)17-22-36-30(35)16-20-32(5)24-29-23-31(4,19-13-21-34)26-33(25-29,27-32)18-8-3/h21,28-29H,6-20,22-27H2,1-5H3. The smallest absolute Gasteiger partial charge is 0.305 e. The zero-order valence-electron chi connectivity index (χ0n) is 24.8. The summed E-state index contributed by atoms with van der Waals surface area (Å²) in [4.78, 5) is 23.8. The molecule has 0 radical (unpaired) electrons. The van der Waals surface area contributed by atoms with Crippen molar-refractivity contribution in [3.63, 3.8) is 0 Å². The quantitative estimate of drug-likeness (QED) is 0.0998. The lowest BCUT2D eigenvalue weighted by Crippen LogP contribution is -2.47. The van der Waals surface area contributed by atoms with Crippen LogP contribution in [0.25, 0.3) is 0 Å². The van der Waals surface area contributed by atoms with Gasteiger partial charge in [0.15, 0.2) is 0 Å².